The van der Waals surface area contributed by atoms with Gasteiger partial charge in [0.05, 0.1) is 11.5 Å². The molecule has 9 heteroatoms. The van der Waals surface area contributed by atoms with Crippen LogP contribution in [0.3, 0.4) is 0 Å². The summed E-state index contributed by atoms with van der Waals surface area (Å²) >= 11 is 0. The number of esters is 1. The predicted molar refractivity (Wildman–Crippen MR) is 109 cm³/mol. The number of hydrogen-bond acceptors (Lipinski definition) is 6. The van der Waals surface area contributed by atoms with E-state index in [1.54, 1.807) is 16.4 Å². The van der Waals surface area contributed by atoms with Crippen molar-refractivity contribution < 1.29 is 27.5 Å². The number of sulfonamides is 1. The molecule has 0 bridgehead atoms. The second-order valence-corrected chi connectivity index (χ2v) is 8.61. The van der Waals surface area contributed by atoms with Crippen molar-refractivity contribution in [3.05, 3.63) is 35.9 Å². The summed E-state index contributed by atoms with van der Waals surface area (Å²) in [6, 6.07) is 6.33. The Hall–Kier alpha value is -2.23. The first kappa shape index (κ1) is 23.1. The van der Waals surface area contributed by atoms with Crippen molar-refractivity contribution in [3.8, 4) is 0 Å². The first-order chi connectivity index (χ1) is 13.9. The molecule has 29 heavy (non-hydrogen) atoms. The first-order valence-corrected chi connectivity index (χ1v) is 11.1. The van der Waals surface area contributed by atoms with E-state index in [-0.39, 0.29) is 11.5 Å². The van der Waals surface area contributed by atoms with Crippen molar-refractivity contribution in [2.24, 2.45) is 0 Å². The van der Waals surface area contributed by atoms with E-state index in [9.17, 15) is 18.0 Å². The van der Waals surface area contributed by atoms with Crippen molar-refractivity contribution in [3.63, 3.8) is 0 Å². The summed E-state index contributed by atoms with van der Waals surface area (Å²) < 4.78 is 36.7. The summed E-state index contributed by atoms with van der Waals surface area (Å²) in [5, 5.41) is 2.54. The van der Waals surface area contributed by atoms with Gasteiger partial charge >= 0.3 is 5.97 Å². The monoisotopic (exact) mass is 424 g/mol. The summed E-state index contributed by atoms with van der Waals surface area (Å²) in [5.41, 5.74) is 0.654. The van der Waals surface area contributed by atoms with Crippen LogP contribution in [0.1, 0.15) is 31.2 Å². The van der Waals surface area contributed by atoms with Gasteiger partial charge in [-0.3, -0.25) is 4.79 Å². The lowest BCUT2D eigenvalue weighted by Gasteiger charge is -2.19. The molecule has 1 amide bonds. The fraction of sp³-hybridized carbons (Fsp3) is 0.500. The summed E-state index contributed by atoms with van der Waals surface area (Å²) in [5.74, 6) is -1.07. The number of nitrogens with zero attached hydrogens (tertiary/aromatic N) is 1. The van der Waals surface area contributed by atoms with E-state index in [1.807, 2.05) is 0 Å². The molecule has 1 fully saturated rings. The number of benzene rings is 1. The van der Waals surface area contributed by atoms with Gasteiger partial charge in [0.1, 0.15) is 0 Å². The molecule has 0 spiro atoms. The van der Waals surface area contributed by atoms with E-state index in [0.29, 0.717) is 31.8 Å². The van der Waals surface area contributed by atoms with Gasteiger partial charge in [-0.25, -0.2) is 13.2 Å². The van der Waals surface area contributed by atoms with Gasteiger partial charge in [0, 0.05) is 32.8 Å². The second kappa shape index (κ2) is 11.7. The van der Waals surface area contributed by atoms with Crippen molar-refractivity contribution in [2.75, 3.05) is 40.0 Å². The van der Waals surface area contributed by atoms with Gasteiger partial charge in [-0.2, -0.15) is 4.31 Å². The van der Waals surface area contributed by atoms with Crippen molar-refractivity contribution in [2.45, 2.75) is 30.6 Å². The van der Waals surface area contributed by atoms with Crippen molar-refractivity contribution >= 4 is 28.0 Å². The van der Waals surface area contributed by atoms with Crippen LogP contribution in [0.4, 0.5) is 0 Å². The lowest BCUT2D eigenvalue weighted by molar-refractivity contribution is -0.143. The van der Waals surface area contributed by atoms with E-state index in [1.165, 1.54) is 31.4 Å². The maximum absolute atomic E-state index is 12.7. The van der Waals surface area contributed by atoms with Crippen molar-refractivity contribution in [1.29, 1.82) is 0 Å². The third-order valence-electron chi connectivity index (χ3n) is 4.47. The number of rotatable bonds is 9. The van der Waals surface area contributed by atoms with Crippen LogP contribution >= 0.6 is 0 Å². The zero-order valence-electron chi connectivity index (χ0n) is 16.6. The Kier molecular flexibility index (Phi) is 9.30. The lowest BCUT2D eigenvalue weighted by atomic mass is 10.2. The molecule has 1 aliphatic heterocycles. The third-order valence-corrected chi connectivity index (χ3v) is 6.38. The first-order valence-electron chi connectivity index (χ1n) is 9.64. The van der Waals surface area contributed by atoms with Crippen LogP contribution in [-0.4, -0.2) is 64.6 Å². The second-order valence-electron chi connectivity index (χ2n) is 6.67. The minimum atomic E-state index is -3.50. The van der Waals surface area contributed by atoms with E-state index >= 15 is 0 Å². The molecule has 1 heterocycles. The standard InChI is InChI=1S/C20H28N2O6S/c1-27-15-12-21-19(23)16-28-20(24)11-8-17-6-9-18(10-7-17)29(25,26)22-13-4-2-3-5-14-22/h6-11H,2-5,12-16H2,1H3,(H,21,23)/b11-8+. The maximum Gasteiger partial charge on any atom is 0.331 e. The summed E-state index contributed by atoms with van der Waals surface area (Å²) in [6.45, 7) is 1.45. The summed E-state index contributed by atoms with van der Waals surface area (Å²) in [4.78, 5) is 23.4. The Morgan fingerprint density at radius 1 is 1.10 bits per heavy atom. The predicted octanol–water partition coefficient (Wildman–Crippen LogP) is 1.57. The van der Waals surface area contributed by atoms with E-state index in [4.69, 9.17) is 9.47 Å². The van der Waals surface area contributed by atoms with Gasteiger partial charge in [-0.05, 0) is 36.6 Å². The highest BCUT2D eigenvalue weighted by molar-refractivity contribution is 7.89. The number of amides is 1. The Morgan fingerprint density at radius 3 is 2.38 bits per heavy atom. The van der Waals surface area contributed by atoms with Gasteiger partial charge in [-0.15, -0.1) is 0 Å². The van der Waals surface area contributed by atoms with E-state index in [2.05, 4.69) is 5.32 Å². The van der Waals surface area contributed by atoms with Gasteiger partial charge < -0.3 is 14.8 Å². The highest BCUT2D eigenvalue weighted by Crippen LogP contribution is 2.20. The molecule has 0 radical (unpaired) electrons. The maximum atomic E-state index is 12.7. The Morgan fingerprint density at radius 2 is 1.76 bits per heavy atom. The van der Waals surface area contributed by atoms with Gasteiger partial charge in [0.2, 0.25) is 10.0 Å². The number of carbonyl (C=O) groups is 2. The highest BCUT2D eigenvalue weighted by Gasteiger charge is 2.24. The fourth-order valence-electron chi connectivity index (χ4n) is 2.87. The quantitative estimate of drug-likeness (QED) is 0.367. The molecule has 0 atom stereocenters. The van der Waals surface area contributed by atoms with Crippen LogP contribution in [0.25, 0.3) is 6.08 Å². The highest BCUT2D eigenvalue weighted by atomic mass is 32.2. The molecule has 0 aliphatic carbocycles. The number of ether oxygens (including phenoxy) is 2. The molecule has 0 saturated carbocycles. The minimum Gasteiger partial charge on any atom is -0.452 e. The number of methoxy groups -OCH3 is 1. The van der Waals surface area contributed by atoms with E-state index < -0.39 is 21.9 Å². The zero-order chi connectivity index (χ0) is 21.1. The molecule has 160 valence electrons. The molecule has 0 unspecified atom stereocenters. The van der Waals surface area contributed by atoms with Crippen LogP contribution in [0, 0.1) is 0 Å². The Balaban J connectivity index is 1.87. The average molecular weight is 425 g/mol. The number of hydrogen-bond donors (Lipinski definition) is 1. The van der Waals surface area contributed by atoms with Gasteiger partial charge in [0.15, 0.2) is 6.61 Å². The molecule has 1 saturated heterocycles. The largest absolute Gasteiger partial charge is 0.452 e. The topological polar surface area (TPSA) is 102 Å². The van der Waals surface area contributed by atoms with E-state index in [0.717, 1.165) is 25.7 Å². The smallest absolute Gasteiger partial charge is 0.331 e. The molecule has 1 aromatic carbocycles. The number of carbonyl (C=O) groups excluding carboxylic acids is 2. The zero-order valence-corrected chi connectivity index (χ0v) is 17.4. The molecule has 8 nitrogen and oxygen atoms in total. The fourth-order valence-corrected chi connectivity index (χ4v) is 4.39. The average Bonchev–Trinajstić information content (AvgIpc) is 3.01. The number of nitrogens with one attached hydrogen (secondary N) is 1. The molecular formula is C20H28N2O6S. The third kappa shape index (κ3) is 7.60. The molecule has 2 rings (SSSR count). The lowest BCUT2D eigenvalue weighted by Crippen LogP contribution is -2.31. The van der Waals surface area contributed by atoms with Gasteiger partial charge in [-0.1, -0.05) is 25.0 Å². The molecule has 1 aromatic rings. The molecule has 1 aliphatic rings. The Labute approximate surface area is 171 Å². The van der Waals surface area contributed by atoms with Crippen LogP contribution in [0.5, 0.6) is 0 Å². The van der Waals surface area contributed by atoms with Crippen molar-refractivity contribution in [1.82, 2.24) is 9.62 Å². The summed E-state index contributed by atoms with van der Waals surface area (Å²) in [7, 11) is -1.98. The molecule has 1 N–H and O–H groups in total. The Bertz CT molecular complexity index is 797. The summed E-state index contributed by atoms with van der Waals surface area (Å²) in [6.07, 6.45) is 6.58. The van der Waals surface area contributed by atoms with Crippen LogP contribution in [0.2, 0.25) is 0 Å². The van der Waals surface area contributed by atoms with Gasteiger partial charge in [0.25, 0.3) is 5.91 Å². The molecular weight excluding hydrogens is 396 g/mol. The SMILES string of the molecule is COCCNC(=O)COC(=O)/C=C/c1ccc(S(=O)(=O)N2CCCCCC2)cc1. The van der Waals surface area contributed by atoms with Crippen LogP contribution < -0.4 is 5.32 Å². The normalized spacial score (nSPS) is 15.8. The van der Waals surface area contributed by atoms with Crippen LogP contribution in [-0.2, 0) is 29.1 Å². The van der Waals surface area contributed by atoms with Crippen LogP contribution in [0.15, 0.2) is 35.2 Å². The minimum absolute atomic E-state index is 0.242. The molecule has 0 aromatic heterocycles.